The monoisotopic (exact) mass is 314 g/mol. The molecule has 0 aliphatic heterocycles. The summed E-state index contributed by atoms with van der Waals surface area (Å²) in [5.74, 6) is 0. The van der Waals surface area contributed by atoms with Crippen molar-refractivity contribution in [2.24, 2.45) is 0 Å². The molecule has 0 aromatic rings. The van der Waals surface area contributed by atoms with Crippen LogP contribution in [-0.2, 0) is 20.4 Å². The Labute approximate surface area is 117 Å². The second-order valence-corrected chi connectivity index (χ2v) is 3.08. The first-order valence-electron chi connectivity index (χ1n) is 5.33. The van der Waals surface area contributed by atoms with Crippen LogP contribution >= 0.6 is 0 Å². The van der Waals surface area contributed by atoms with Crippen molar-refractivity contribution in [1.82, 2.24) is 0 Å². The Morgan fingerprint density at radius 3 is 0.294 bits per heavy atom. The number of hydrogen-bond acceptors (Lipinski definition) is 0. The van der Waals surface area contributed by atoms with Gasteiger partial charge >= 0.3 is 0 Å². The smallest absolute Gasteiger partial charge is 0 e. The molecule has 17 heavy (non-hydrogen) atoms. The van der Waals surface area contributed by atoms with Crippen LogP contribution in [-0.4, -0.2) is 0 Å². The van der Waals surface area contributed by atoms with Gasteiger partial charge in [0.15, 0.2) is 0 Å². The molecule has 0 N–H and O–H groups in total. The van der Waals surface area contributed by atoms with Gasteiger partial charge in [0.05, 0.1) is 0 Å². The molecule has 0 fully saturated rings. The van der Waals surface area contributed by atoms with Gasteiger partial charge in [-0.25, -0.2) is 0 Å². The Bertz CT molecular complexity index is 247. The van der Waals surface area contributed by atoms with E-state index in [0.717, 1.165) is 0 Å². The van der Waals surface area contributed by atoms with Crippen molar-refractivity contribution in [2.45, 2.75) is 0 Å². The maximum atomic E-state index is 2.00. The van der Waals surface area contributed by atoms with Crippen LogP contribution in [0.5, 0.6) is 0 Å². The minimum atomic E-state index is 0. The van der Waals surface area contributed by atoms with E-state index in [9.17, 15) is 0 Å². The summed E-state index contributed by atoms with van der Waals surface area (Å²) in [6.07, 6.45) is 32.0. The van der Waals surface area contributed by atoms with Crippen molar-refractivity contribution >= 4 is 0 Å². The van der Waals surface area contributed by atoms with E-state index in [2.05, 4.69) is 0 Å². The van der Waals surface area contributed by atoms with Gasteiger partial charge in [-0.15, -0.1) is 0 Å². The molecule has 0 atom stereocenters. The van der Waals surface area contributed by atoms with Crippen molar-refractivity contribution in [2.75, 3.05) is 0 Å². The molecule has 0 aromatic carbocycles. The average molecular weight is 315 g/mol. The summed E-state index contributed by atoms with van der Waals surface area (Å²) in [7, 11) is 0. The van der Waals surface area contributed by atoms with Gasteiger partial charge in [-0.2, -0.15) is 0 Å². The van der Waals surface area contributed by atoms with E-state index in [1.165, 1.54) is 0 Å². The summed E-state index contributed by atoms with van der Waals surface area (Å²) >= 11 is 0. The van der Waals surface area contributed by atoms with E-state index in [1.54, 1.807) is 0 Å². The van der Waals surface area contributed by atoms with Gasteiger partial charge in [0.25, 0.3) is 0 Å². The minimum Gasteiger partial charge on any atom is -0.0623 e. The molecular weight excluding hydrogens is 299 g/mol. The molecule has 0 heterocycles. The summed E-state index contributed by atoms with van der Waals surface area (Å²) in [4.78, 5) is 0. The molecule has 1 heteroatoms. The summed E-state index contributed by atoms with van der Waals surface area (Å²) in [6, 6.07) is 0. The Kier molecular flexibility index (Phi) is 11.6. The van der Waals surface area contributed by atoms with Crippen molar-refractivity contribution in [1.29, 1.82) is 0 Å². The van der Waals surface area contributed by atoms with Gasteiger partial charge in [0.1, 0.15) is 0 Å². The molecule has 0 unspecified atom stereocenters. The summed E-state index contributed by atoms with van der Waals surface area (Å²) < 4.78 is 0. The third kappa shape index (κ3) is 10.9. The molecule has 0 nitrogen and oxygen atoms in total. The van der Waals surface area contributed by atoms with E-state index in [0.29, 0.717) is 0 Å². The first-order valence-corrected chi connectivity index (χ1v) is 5.33. The van der Waals surface area contributed by atoms with Crippen LogP contribution in [0.2, 0.25) is 0 Å². The number of allylic oxidation sites excluding steroid dienone is 16. The molecule has 90 valence electrons. The van der Waals surface area contributed by atoms with Crippen molar-refractivity contribution in [3.05, 3.63) is 97.2 Å². The standard InChI is InChI=1S/2C8H8.Pd/c2*1-2-4-6-8-7-5-3-1;/h2*1-8H;/b2*2-1-,3-1?,4-2?,5-3-,6-4?,7-5?,8-6?,8-7?;. The second kappa shape index (κ2) is 12.7. The van der Waals surface area contributed by atoms with Crippen LogP contribution in [0.25, 0.3) is 0 Å². The first-order chi connectivity index (χ1) is 8.00. The molecule has 0 bridgehead atoms. The maximum Gasteiger partial charge on any atom is 0 e. The van der Waals surface area contributed by atoms with E-state index < -0.39 is 0 Å². The normalized spacial score (nSPS) is 22.6. The quantitative estimate of drug-likeness (QED) is 0.580. The molecule has 2 aliphatic rings. The van der Waals surface area contributed by atoms with E-state index in [1.807, 2.05) is 97.2 Å². The Morgan fingerprint density at radius 2 is 0.235 bits per heavy atom. The largest absolute Gasteiger partial charge is 0.0623 e. The molecule has 0 amide bonds. The predicted molar refractivity (Wildman–Crippen MR) is 73.1 cm³/mol. The van der Waals surface area contributed by atoms with Crippen molar-refractivity contribution < 1.29 is 20.4 Å². The molecule has 2 rings (SSSR count). The minimum absolute atomic E-state index is 0. The molecule has 0 spiro atoms. The van der Waals surface area contributed by atoms with Gasteiger partial charge in [-0.1, -0.05) is 97.2 Å². The SMILES string of the molecule is C1=C/C=C\C=C/C=C1.C1=C/C=C\C=C/C=C1.[Pd]. The molecule has 0 aromatic heterocycles. The van der Waals surface area contributed by atoms with E-state index in [4.69, 9.17) is 0 Å². The van der Waals surface area contributed by atoms with Crippen LogP contribution in [0.4, 0.5) is 0 Å². The predicted octanol–water partition coefficient (Wildman–Crippen LogP) is 4.45. The fourth-order valence-electron chi connectivity index (χ4n) is 1.03. The molecular formula is C16H16Pd. The first kappa shape index (κ1) is 15.6. The van der Waals surface area contributed by atoms with Crippen LogP contribution in [0, 0.1) is 0 Å². The fourth-order valence-corrected chi connectivity index (χ4v) is 1.03. The topological polar surface area (TPSA) is 0 Å². The van der Waals surface area contributed by atoms with Crippen molar-refractivity contribution in [3.63, 3.8) is 0 Å². The summed E-state index contributed by atoms with van der Waals surface area (Å²) in [5, 5.41) is 0. The average Bonchev–Trinajstić information content (AvgIpc) is 2.15. The zero-order chi connectivity index (χ0) is 11.3. The van der Waals surface area contributed by atoms with Crippen molar-refractivity contribution in [3.8, 4) is 0 Å². The van der Waals surface area contributed by atoms with E-state index in [-0.39, 0.29) is 20.4 Å². The fraction of sp³-hybridized carbons (Fsp3) is 0. The van der Waals surface area contributed by atoms with Crippen LogP contribution in [0.15, 0.2) is 97.2 Å². The molecule has 2 aliphatic carbocycles. The molecule has 0 radical (unpaired) electrons. The van der Waals surface area contributed by atoms with Gasteiger partial charge in [-0.3, -0.25) is 0 Å². The Balaban J connectivity index is 0.000000284. The zero-order valence-corrected chi connectivity index (χ0v) is 11.1. The van der Waals surface area contributed by atoms with Gasteiger partial charge < -0.3 is 0 Å². The third-order valence-electron chi connectivity index (χ3n) is 1.78. The Hall–Kier alpha value is -1.42. The van der Waals surface area contributed by atoms with Crippen LogP contribution in [0.3, 0.4) is 0 Å². The second-order valence-electron chi connectivity index (χ2n) is 3.08. The van der Waals surface area contributed by atoms with E-state index >= 15 is 0 Å². The summed E-state index contributed by atoms with van der Waals surface area (Å²) in [5.41, 5.74) is 0. The number of hydrogen-bond donors (Lipinski definition) is 0. The summed E-state index contributed by atoms with van der Waals surface area (Å²) in [6.45, 7) is 0. The zero-order valence-electron chi connectivity index (χ0n) is 9.55. The molecule has 0 saturated heterocycles. The number of rotatable bonds is 0. The van der Waals surface area contributed by atoms with Crippen LogP contribution in [0.1, 0.15) is 0 Å². The van der Waals surface area contributed by atoms with Gasteiger partial charge in [0.2, 0.25) is 0 Å². The maximum absolute atomic E-state index is 2.00. The third-order valence-corrected chi connectivity index (χ3v) is 1.78. The Morgan fingerprint density at radius 1 is 0.176 bits per heavy atom. The molecule has 0 saturated carbocycles. The van der Waals surface area contributed by atoms with Crippen LogP contribution < -0.4 is 0 Å². The van der Waals surface area contributed by atoms with Gasteiger partial charge in [0, 0.05) is 20.4 Å². The van der Waals surface area contributed by atoms with Gasteiger partial charge in [-0.05, 0) is 0 Å².